The fourth-order valence-corrected chi connectivity index (χ4v) is 2.57. The van der Waals surface area contributed by atoms with E-state index in [0.717, 1.165) is 17.4 Å². The molecule has 0 fully saturated rings. The zero-order valence-corrected chi connectivity index (χ0v) is 12.8. The summed E-state index contributed by atoms with van der Waals surface area (Å²) in [4.78, 5) is 12.2. The van der Waals surface area contributed by atoms with Crippen molar-refractivity contribution in [3.63, 3.8) is 0 Å². The van der Waals surface area contributed by atoms with Gasteiger partial charge in [-0.3, -0.25) is 4.79 Å². The Kier molecular flexibility index (Phi) is 4.43. The number of carbonyl (C=O) groups is 1. The number of aryl methyl sites for hydroxylation is 1. The number of anilines is 1. The second-order valence-electron chi connectivity index (χ2n) is 5.01. The number of nitrogens with one attached hydrogen (secondary N) is 1. The first-order chi connectivity index (χ1) is 9.84. The third-order valence-electron chi connectivity index (χ3n) is 3.03. The number of hydrogen-bond donors (Lipinski definition) is 1. The van der Waals surface area contributed by atoms with Crippen LogP contribution in [0.3, 0.4) is 0 Å². The second kappa shape index (κ2) is 6.10. The highest BCUT2D eigenvalue weighted by Crippen LogP contribution is 2.15. The van der Waals surface area contributed by atoms with Gasteiger partial charge in [-0.15, -0.1) is 0 Å². The molecule has 0 spiro atoms. The average molecular weight is 303 g/mol. The number of benzene rings is 2. The highest BCUT2D eigenvalue weighted by molar-refractivity contribution is 7.90. The van der Waals surface area contributed by atoms with Crippen LogP contribution in [0.1, 0.15) is 11.1 Å². The largest absolute Gasteiger partial charge is 0.326 e. The molecule has 0 aliphatic heterocycles. The quantitative estimate of drug-likeness (QED) is 0.944. The van der Waals surface area contributed by atoms with Crippen LogP contribution in [-0.4, -0.2) is 20.6 Å². The van der Waals surface area contributed by atoms with E-state index in [0.29, 0.717) is 5.69 Å². The van der Waals surface area contributed by atoms with Crippen LogP contribution in [-0.2, 0) is 21.1 Å². The van der Waals surface area contributed by atoms with Gasteiger partial charge in [0.2, 0.25) is 5.91 Å². The van der Waals surface area contributed by atoms with Crippen molar-refractivity contribution >= 4 is 21.4 Å². The lowest BCUT2D eigenvalue weighted by molar-refractivity contribution is -0.115. The minimum atomic E-state index is -3.28. The Hall–Kier alpha value is -2.14. The third kappa shape index (κ3) is 4.43. The molecule has 2 rings (SSSR count). The monoisotopic (exact) mass is 303 g/mol. The summed E-state index contributed by atoms with van der Waals surface area (Å²) in [7, 11) is -3.28. The smallest absolute Gasteiger partial charge is 0.228 e. The van der Waals surface area contributed by atoms with Gasteiger partial charge in [0.05, 0.1) is 11.3 Å². The van der Waals surface area contributed by atoms with E-state index in [9.17, 15) is 13.2 Å². The molecule has 5 heteroatoms. The Labute approximate surface area is 124 Å². The molecule has 2 aromatic rings. The molecule has 0 saturated carbocycles. The summed E-state index contributed by atoms with van der Waals surface area (Å²) in [6.07, 6.45) is 1.39. The molecule has 0 unspecified atom stereocenters. The molecule has 2 aromatic carbocycles. The van der Waals surface area contributed by atoms with Crippen LogP contribution in [0.2, 0.25) is 0 Å². The van der Waals surface area contributed by atoms with E-state index in [1.807, 2.05) is 31.2 Å². The first kappa shape index (κ1) is 15.3. The highest BCUT2D eigenvalue weighted by Gasteiger charge is 2.09. The van der Waals surface area contributed by atoms with Crippen molar-refractivity contribution in [2.24, 2.45) is 0 Å². The Morgan fingerprint density at radius 3 is 2.38 bits per heavy atom. The topological polar surface area (TPSA) is 63.2 Å². The zero-order chi connectivity index (χ0) is 15.5. The van der Waals surface area contributed by atoms with Crippen molar-refractivity contribution in [2.45, 2.75) is 18.2 Å². The van der Waals surface area contributed by atoms with Gasteiger partial charge in [0.25, 0.3) is 0 Å². The van der Waals surface area contributed by atoms with E-state index in [1.165, 1.54) is 12.1 Å². The Balaban J connectivity index is 2.08. The molecule has 110 valence electrons. The van der Waals surface area contributed by atoms with Gasteiger partial charge >= 0.3 is 0 Å². The van der Waals surface area contributed by atoms with Crippen molar-refractivity contribution in [2.75, 3.05) is 11.6 Å². The van der Waals surface area contributed by atoms with Gasteiger partial charge in [0.15, 0.2) is 9.84 Å². The predicted molar refractivity (Wildman–Crippen MR) is 83.1 cm³/mol. The van der Waals surface area contributed by atoms with Crippen LogP contribution >= 0.6 is 0 Å². The molecular weight excluding hydrogens is 286 g/mol. The van der Waals surface area contributed by atoms with Crippen molar-refractivity contribution in [3.8, 4) is 0 Å². The molecule has 0 bridgehead atoms. The summed E-state index contributed by atoms with van der Waals surface area (Å²) in [6, 6.07) is 14.0. The molecule has 0 atom stereocenters. The van der Waals surface area contributed by atoms with Crippen LogP contribution in [0, 0.1) is 6.92 Å². The molecular formula is C16H17NO3S. The van der Waals surface area contributed by atoms with E-state index < -0.39 is 9.84 Å². The molecule has 1 N–H and O–H groups in total. The van der Waals surface area contributed by atoms with Crippen molar-refractivity contribution < 1.29 is 13.2 Å². The van der Waals surface area contributed by atoms with Gasteiger partial charge in [-0.1, -0.05) is 35.9 Å². The number of carbonyl (C=O) groups excluding carboxylic acids is 1. The first-order valence-corrected chi connectivity index (χ1v) is 8.39. The Morgan fingerprint density at radius 1 is 1.10 bits per heavy atom. The lowest BCUT2D eigenvalue weighted by Gasteiger charge is -2.07. The number of amides is 1. The van der Waals surface area contributed by atoms with Crippen molar-refractivity contribution in [3.05, 3.63) is 59.7 Å². The Morgan fingerprint density at radius 2 is 1.76 bits per heavy atom. The summed E-state index contributed by atoms with van der Waals surface area (Å²) >= 11 is 0. The zero-order valence-electron chi connectivity index (χ0n) is 12.0. The predicted octanol–water partition coefficient (Wildman–Crippen LogP) is 2.58. The van der Waals surface area contributed by atoms with Gasteiger partial charge in [0.1, 0.15) is 0 Å². The molecule has 0 heterocycles. The summed E-state index contributed by atoms with van der Waals surface area (Å²) in [5, 5.41) is 2.71. The van der Waals surface area contributed by atoms with E-state index in [4.69, 9.17) is 0 Å². The van der Waals surface area contributed by atoms with Gasteiger partial charge in [0, 0.05) is 11.9 Å². The van der Waals surface area contributed by atoms with Crippen LogP contribution in [0.15, 0.2) is 53.4 Å². The van der Waals surface area contributed by atoms with E-state index in [-0.39, 0.29) is 17.2 Å². The molecule has 1 amide bonds. The average Bonchev–Trinajstić information content (AvgIpc) is 2.41. The van der Waals surface area contributed by atoms with E-state index >= 15 is 0 Å². The summed E-state index contributed by atoms with van der Waals surface area (Å²) < 4.78 is 23.0. The summed E-state index contributed by atoms with van der Waals surface area (Å²) in [5.74, 6) is -0.176. The van der Waals surface area contributed by atoms with Crippen LogP contribution < -0.4 is 5.32 Å². The lowest BCUT2D eigenvalue weighted by Crippen LogP contribution is -2.14. The van der Waals surface area contributed by atoms with Gasteiger partial charge in [-0.25, -0.2) is 8.42 Å². The van der Waals surface area contributed by atoms with E-state index in [1.54, 1.807) is 12.1 Å². The molecule has 0 aromatic heterocycles. The Bertz CT molecular complexity index is 749. The first-order valence-electron chi connectivity index (χ1n) is 6.50. The number of hydrogen-bond acceptors (Lipinski definition) is 3. The molecule has 0 radical (unpaired) electrons. The molecule has 0 saturated heterocycles. The van der Waals surface area contributed by atoms with Gasteiger partial charge in [-0.2, -0.15) is 0 Å². The maximum atomic E-state index is 12.0. The maximum Gasteiger partial charge on any atom is 0.228 e. The third-order valence-corrected chi connectivity index (χ3v) is 4.14. The number of sulfone groups is 1. The minimum Gasteiger partial charge on any atom is -0.326 e. The standard InChI is InChI=1S/C16H17NO3S/c1-12-6-8-13(9-7-12)10-16(18)17-14-4-3-5-15(11-14)21(2,19)20/h3-9,11H,10H2,1-2H3,(H,17,18). The van der Waals surface area contributed by atoms with Crippen molar-refractivity contribution in [1.82, 2.24) is 0 Å². The van der Waals surface area contributed by atoms with E-state index in [2.05, 4.69) is 5.32 Å². The van der Waals surface area contributed by atoms with Gasteiger partial charge in [-0.05, 0) is 30.7 Å². The molecule has 0 aliphatic carbocycles. The van der Waals surface area contributed by atoms with Crippen molar-refractivity contribution in [1.29, 1.82) is 0 Å². The fourth-order valence-electron chi connectivity index (χ4n) is 1.90. The maximum absolute atomic E-state index is 12.0. The lowest BCUT2D eigenvalue weighted by atomic mass is 10.1. The van der Waals surface area contributed by atoms with Crippen LogP contribution in [0.4, 0.5) is 5.69 Å². The molecule has 21 heavy (non-hydrogen) atoms. The van der Waals surface area contributed by atoms with Crippen LogP contribution in [0.25, 0.3) is 0 Å². The molecule has 4 nitrogen and oxygen atoms in total. The SMILES string of the molecule is Cc1ccc(CC(=O)Nc2cccc(S(C)(=O)=O)c2)cc1. The second-order valence-corrected chi connectivity index (χ2v) is 7.03. The minimum absolute atomic E-state index is 0.176. The number of rotatable bonds is 4. The molecule has 0 aliphatic rings. The fraction of sp³-hybridized carbons (Fsp3) is 0.188. The van der Waals surface area contributed by atoms with Gasteiger partial charge < -0.3 is 5.32 Å². The summed E-state index contributed by atoms with van der Waals surface area (Å²) in [6.45, 7) is 1.99. The van der Waals surface area contributed by atoms with Crippen LogP contribution in [0.5, 0.6) is 0 Å². The normalized spacial score (nSPS) is 11.1. The highest BCUT2D eigenvalue weighted by atomic mass is 32.2. The summed E-state index contributed by atoms with van der Waals surface area (Å²) in [5.41, 5.74) is 2.53.